The minimum atomic E-state index is -0.651. The first-order valence-corrected chi connectivity index (χ1v) is 7.42. The molecule has 0 aromatic rings. The first-order valence-electron chi connectivity index (χ1n) is 7.42. The van der Waals surface area contributed by atoms with Crippen molar-refractivity contribution in [1.29, 1.82) is 0 Å². The fraction of sp³-hybridized carbons (Fsp3) is 0.529. The number of aliphatic hydroxyl groups excluding tert-OH is 1. The second kappa shape index (κ2) is 5.09. The zero-order valence-electron chi connectivity index (χ0n) is 12.7. The molecule has 1 saturated heterocycles. The minimum Gasteiger partial charge on any atom is -0.461 e. The molecule has 6 unspecified atom stereocenters. The number of rotatable bonds is 1. The number of aliphatic hydroxyl groups is 1. The summed E-state index contributed by atoms with van der Waals surface area (Å²) in [6.45, 7) is 11.2. The highest BCUT2D eigenvalue weighted by Gasteiger charge is 2.55. The molecule has 6 atom stereocenters. The van der Waals surface area contributed by atoms with Crippen LogP contribution in [0, 0.1) is 17.8 Å². The van der Waals surface area contributed by atoms with Gasteiger partial charge < -0.3 is 14.6 Å². The largest absolute Gasteiger partial charge is 0.461 e. The Balaban J connectivity index is 2.05. The maximum Gasteiger partial charge on any atom is 0.334 e. The van der Waals surface area contributed by atoms with Crippen molar-refractivity contribution < 1.29 is 24.2 Å². The molecule has 3 rings (SSSR count). The third-order valence-electron chi connectivity index (χ3n) is 4.98. The monoisotopic (exact) mass is 304 g/mol. The summed E-state index contributed by atoms with van der Waals surface area (Å²) in [5.41, 5.74) is 2.12. The van der Waals surface area contributed by atoms with Crippen LogP contribution in [0.15, 0.2) is 36.0 Å². The molecule has 3 aliphatic rings. The van der Waals surface area contributed by atoms with Crippen LogP contribution < -0.4 is 0 Å². The Morgan fingerprint density at radius 2 is 2.05 bits per heavy atom. The van der Waals surface area contributed by atoms with E-state index in [9.17, 15) is 14.7 Å². The molecule has 0 spiro atoms. The van der Waals surface area contributed by atoms with E-state index in [0.717, 1.165) is 11.1 Å². The number of hydrogen-bond donors (Lipinski definition) is 1. The molecule has 5 nitrogen and oxygen atoms in total. The van der Waals surface area contributed by atoms with E-state index in [2.05, 4.69) is 13.2 Å². The maximum atomic E-state index is 12.0. The molecule has 1 N–H and O–H groups in total. The van der Waals surface area contributed by atoms with Gasteiger partial charge in [0.15, 0.2) is 0 Å². The zero-order valence-corrected chi connectivity index (χ0v) is 12.7. The van der Waals surface area contributed by atoms with Crippen LogP contribution >= 0.6 is 0 Å². The van der Waals surface area contributed by atoms with Crippen LogP contribution in [0.1, 0.15) is 20.3 Å². The van der Waals surface area contributed by atoms with Crippen molar-refractivity contribution in [3.8, 4) is 0 Å². The standard InChI is InChI=1S/C17H20O5/c1-7-5-11(19)13-8(2)6-12(21-10(4)18)15-9(3)17(20)22-16(15)14(7)13/h5,11-16,19H,2-3,6H2,1,4H3. The van der Waals surface area contributed by atoms with Gasteiger partial charge in [0.05, 0.1) is 12.0 Å². The van der Waals surface area contributed by atoms with E-state index in [1.807, 2.05) is 6.92 Å². The zero-order chi connectivity index (χ0) is 16.2. The summed E-state index contributed by atoms with van der Waals surface area (Å²) in [6, 6.07) is 0. The van der Waals surface area contributed by atoms with E-state index < -0.39 is 36.2 Å². The van der Waals surface area contributed by atoms with Gasteiger partial charge in [-0.25, -0.2) is 4.79 Å². The van der Waals surface area contributed by atoms with E-state index in [4.69, 9.17) is 9.47 Å². The summed E-state index contributed by atoms with van der Waals surface area (Å²) >= 11 is 0. The lowest BCUT2D eigenvalue weighted by molar-refractivity contribution is -0.150. The molecule has 0 radical (unpaired) electrons. The molecule has 0 aromatic heterocycles. The molecular weight excluding hydrogens is 284 g/mol. The lowest BCUT2D eigenvalue weighted by Gasteiger charge is -2.29. The number of fused-ring (bicyclic) bond motifs is 3. The Hall–Kier alpha value is -1.88. The molecule has 2 aliphatic carbocycles. The van der Waals surface area contributed by atoms with Gasteiger partial charge in [-0.05, 0) is 6.92 Å². The Labute approximate surface area is 129 Å². The van der Waals surface area contributed by atoms with E-state index in [1.165, 1.54) is 6.92 Å². The summed E-state index contributed by atoms with van der Waals surface area (Å²) < 4.78 is 10.9. The summed E-state index contributed by atoms with van der Waals surface area (Å²) in [4.78, 5) is 23.4. The van der Waals surface area contributed by atoms with Gasteiger partial charge in [-0.15, -0.1) is 0 Å². The van der Waals surface area contributed by atoms with Crippen LogP contribution in [0.25, 0.3) is 0 Å². The van der Waals surface area contributed by atoms with Crippen molar-refractivity contribution in [3.05, 3.63) is 36.0 Å². The second-order valence-electron chi connectivity index (χ2n) is 6.38. The minimum absolute atomic E-state index is 0.142. The summed E-state index contributed by atoms with van der Waals surface area (Å²) in [6.07, 6.45) is 0.539. The van der Waals surface area contributed by atoms with Gasteiger partial charge in [0.1, 0.15) is 12.2 Å². The Morgan fingerprint density at radius 3 is 2.68 bits per heavy atom. The van der Waals surface area contributed by atoms with Crippen molar-refractivity contribution in [2.24, 2.45) is 17.8 Å². The maximum absolute atomic E-state index is 12.0. The number of ether oxygens (including phenoxy) is 2. The Morgan fingerprint density at radius 1 is 1.36 bits per heavy atom. The van der Waals surface area contributed by atoms with Crippen molar-refractivity contribution in [3.63, 3.8) is 0 Å². The van der Waals surface area contributed by atoms with Gasteiger partial charge in [0.25, 0.3) is 0 Å². The third kappa shape index (κ3) is 2.11. The fourth-order valence-corrected chi connectivity index (χ4v) is 4.13. The normalized spacial score (nSPS) is 40.5. The van der Waals surface area contributed by atoms with Crippen molar-refractivity contribution in [2.45, 2.75) is 38.6 Å². The number of hydrogen-bond acceptors (Lipinski definition) is 5. The van der Waals surface area contributed by atoms with Crippen LogP contribution in [-0.2, 0) is 19.1 Å². The molecule has 0 amide bonds. The average Bonchev–Trinajstić information content (AvgIpc) is 2.81. The van der Waals surface area contributed by atoms with Gasteiger partial charge in [-0.3, -0.25) is 4.79 Å². The molecule has 5 heteroatoms. The lowest BCUT2D eigenvalue weighted by atomic mass is 9.79. The molecule has 22 heavy (non-hydrogen) atoms. The van der Waals surface area contributed by atoms with E-state index >= 15 is 0 Å². The van der Waals surface area contributed by atoms with Gasteiger partial charge in [0.2, 0.25) is 0 Å². The molecule has 118 valence electrons. The Kier molecular flexibility index (Phi) is 3.48. The number of carbonyl (C=O) groups is 2. The molecule has 0 aromatic carbocycles. The summed E-state index contributed by atoms with van der Waals surface area (Å²) in [7, 11) is 0. The highest BCUT2D eigenvalue weighted by Crippen LogP contribution is 2.50. The molecule has 2 fully saturated rings. The topological polar surface area (TPSA) is 72.8 Å². The lowest BCUT2D eigenvalue weighted by Crippen LogP contribution is -2.36. The van der Waals surface area contributed by atoms with Gasteiger partial charge >= 0.3 is 11.9 Å². The van der Waals surface area contributed by atoms with Gasteiger partial charge in [0, 0.05) is 30.8 Å². The van der Waals surface area contributed by atoms with Crippen molar-refractivity contribution >= 4 is 11.9 Å². The van der Waals surface area contributed by atoms with Crippen LogP contribution in [0.4, 0.5) is 0 Å². The van der Waals surface area contributed by atoms with Crippen LogP contribution in [0.3, 0.4) is 0 Å². The summed E-state index contributed by atoms with van der Waals surface area (Å²) in [5, 5.41) is 10.3. The van der Waals surface area contributed by atoms with Crippen LogP contribution in [0.5, 0.6) is 0 Å². The van der Waals surface area contributed by atoms with Crippen LogP contribution in [0.2, 0.25) is 0 Å². The molecule has 1 heterocycles. The number of esters is 2. The van der Waals surface area contributed by atoms with Gasteiger partial charge in [-0.2, -0.15) is 0 Å². The Bertz CT molecular complexity index is 602. The first-order chi connectivity index (χ1) is 10.3. The third-order valence-corrected chi connectivity index (χ3v) is 4.98. The van der Waals surface area contributed by atoms with E-state index in [0.29, 0.717) is 12.0 Å². The predicted molar refractivity (Wildman–Crippen MR) is 78.6 cm³/mol. The molecule has 0 bridgehead atoms. The summed E-state index contributed by atoms with van der Waals surface area (Å²) in [5.74, 6) is -1.61. The molecule has 1 aliphatic heterocycles. The quantitative estimate of drug-likeness (QED) is 0.452. The average molecular weight is 304 g/mol. The van der Waals surface area contributed by atoms with Crippen molar-refractivity contribution in [1.82, 2.24) is 0 Å². The SMILES string of the molecule is C=C1C(=O)OC2C1C(OC(C)=O)CC(=C)C1C(O)C=C(C)C21. The highest BCUT2D eigenvalue weighted by molar-refractivity contribution is 5.91. The molecular formula is C17H20O5. The van der Waals surface area contributed by atoms with Crippen LogP contribution in [-0.4, -0.2) is 35.4 Å². The second-order valence-corrected chi connectivity index (χ2v) is 6.38. The van der Waals surface area contributed by atoms with Crippen molar-refractivity contribution in [2.75, 3.05) is 0 Å². The number of carbonyl (C=O) groups excluding carboxylic acids is 2. The van der Waals surface area contributed by atoms with E-state index in [1.54, 1.807) is 6.08 Å². The van der Waals surface area contributed by atoms with Gasteiger partial charge in [-0.1, -0.05) is 30.4 Å². The molecule has 1 saturated carbocycles. The van der Waals surface area contributed by atoms with E-state index in [-0.39, 0.29) is 11.8 Å². The highest BCUT2D eigenvalue weighted by atomic mass is 16.6. The fourth-order valence-electron chi connectivity index (χ4n) is 4.13. The smallest absolute Gasteiger partial charge is 0.334 e. The first kappa shape index (κ1) is 15.0. The predicted octanol–water partition coefficient (Wildman–Crippen LogP) is 1.53.